The summed E-state index contributed by atoms with van der Waals surface area (Å²) in [6.45, 7) is 1.77. The maximum atomic E-state index is 13.8. The lowest BCUT2D eigenvalue weighted by atomic mass is 9.94. The third-order valence-corrected chi connectivity index (χ3v) is 4.35. The van der Waals surface area contributed by atoms with Gasteiger partial charge in [0.05, 0.1) is 5.02 Å². The number of nitrogens with zero attached hydrogens (tertiary/aromatic N) is 1. The van der Waals surface area contributed by atoms with Crippen molar-refractivity contribution < 1.29 is 9.18 Å². The van der Waals surface area contributed by atoms with Gasteiger partial charge in [-0.3, -0.25) is 4.79 Å². The molecule has 1 aromatic rings. The first-order valence-corrected chi connectivity index (χ1v) is 6.95. The van der Waals surface area contributed by atoms with E-state index >= 15 is 0 Å². The van der Waals surface area contributed by atoms with Crippen molar-refractivity contribution in [2.75, 3.05) is 13.1 Å². The molecule has 0 unspecified atom stereocenters. The second-order valence-electron chi connectivity index (χ2n) is 5.18. The molecule has 0 saturated carbocycles. The molecule has 0 aliphatic carbocycles. The van der Waals surface area contributed by atoms with Crippen LogP contribution in [0.4, 0.5) is 4.39 Å². The Kier molecular flexibility index (Phi) is 3.31. The Labute approximate surface area is 116 Å². The molecular formula is C15H15ClFNO. The number of carbonyl (C=O) groups is 1. The number of fused-ring (bicyclic) bond motifs is 4. The number of ketones is 1. The van der Waals surface area contributed by atoms with Gasteiger partial charge in [-0.2, -0.15) is 0 Å². The molecule has 0 amide bonds. The lowest BCUT2D eigenvalue weighted by molar-refractivity contribution is -0.122. The summed E-state index contributed by atoms with van der Waals surface area (Å²) in [5, 5.41) is 0.389. The zero-order valence-electron chi connectivity index (χ0n) is 10.5. The maximum Gasteiger partial charge on any atom is 0.141 e. The standard InChI is InChI=1S/C15H15ClFNO/c16-13-2-1-3-14(17)12(13)8-11-9-15(19)10-4-6-18(11)7-5-10/h1-3,8,10H,4-7,9H2. The molecule has 3 saturated heterocycles. The Morgan fingerprint density at radius 2 is 2.05 bits per heavy atom. The number of benzene rings is 1. The summed E-state index contributed by atoms with van der Waals surface area (Å²) < 4.78 is 13.8. The second kappa shape index (κ2) is 4.97. The lowest BCUT2D eigenvalue weighted by Crippen LogP contribution is -2.30. The SMILES string of the molecule is O=C1CC(=Cc2c(F)cccc2Cl)N2CCC1CC2. The molecule has 19 heavy (non-hydrogen) atoms. The van der Waals surface area contributed by atoms with Gasteiger partial charge >= 0.3 is 0 Å². The molecule has 3 fully saturated rings. The van der Waals surface area contributed by atoms with Crippen LogP contribution in [0.1, 0.15) is 24.8 Å². The lowest BCUT2D eigenvalue weighted by Gasteiger charge is -2.29. The van der Waals surface area contributed by atoms with Gasteiger partial charge in [0.1, 0.15) is 11.6 Å². The maximum absolute atomic E-state index is 13.8. The summed E-state index contributed by atoms with van der Waals surface area (Å²) in [6, 6.07) is 4.65. The van der Waals surface area contributed by atoms with E-state index in [-0.39, 0.29) is 17.5 Å². The molecule has 2 bridgehead atoms. The van der Waals surface area contributed by atoms with Gasteiger partial charge in [-0.15, -0.1) is 0 Å². The molecule has 0 atom stereocenters. The minimum atomic E-state index is -0.340. The zero-order valence-corrected chi connectivity index (χ0v) is 11.3. The first kappa shape index (κ1) is 12.7. The van der Waals surface area contributed by atoms with Crippen molar-refractivity contribution in [2.45, 2.75) is 19.3 Å². The number of Topliss-reactive ketones (excluding diaryl/α,β-unsaturated/α-hetero) is 1. The van der Waals surface area contributed by atoms with Gasteiger partial charge in [-0.05, 0) is 31.1 Å². The van der Waals surface area contributed by atoms with Gasteiger partial charge in [0.2, 0.25) is 0 Å². The first-order valence-electron chi connectivity index (χ1n) is 6.57. The molecule has 3 heterocycles. The van der Waals surface area contributed by atoms with Gasteiger partial charge in [0.25, 0.3) is 0 Å². The molecule has 4 rings (SSSR count). The van der Waals surface area contributed by atoms with Crippen molar-refractivity contribution in [3.63, 3.8) is 0 Å². The van der Waals surface area contributed by atoms with E-state index in [4.69, 9.17) is 11.6 Å². The summed E-state index contributed by atoms with van der Waals surface area (Å²) in [5.41, 5.74) is 1.29. The third-order valence-electron chi connectivity index (χ3n) is 4.02. The Balaban J connectivity index is 2.00. The molecular weight excluding hydrogens is 265 g/mol. The van der Waals surface area contributed by atoms with E-state index in [2.05, 4.69) is 4.90 Å². The largest absolute Gasteiger partial charge is 0.374 e. The van der Waals surface area contributed by atoms with Crippen LogP contribution in [0.3, 0.4) is 0 Å². The molecule has 0 N–H and O–H groups in total. The summed E-state index contributed by atoms with van der Waals surface area (Å²) in [4.78, 5) is 14.2. The Morgan fingerprint density at radius 3 is 2.74 bits per heavy atom. The topological polar surface area (TPSA) is 20.3 Å². The number of halogens is 2. The van der Waals surface area contributed by atoms with E-state index in [1.165, 1.54) is 6.07 Å². The van der Waals surface area contributed by atoms with Gasteiger partial charge in [0, 0.05) is 36.7 Å². The predicted octanol–water partition coefficient (Wildman–Crippen LogP) is 3.50. The molecule has 2 nitrogen and oxygen atoms in total. The smallest absolute Gasteiger partial charge is 0.141 e. The highest BCUT2D eigenvalue weighted by Crippen LogP contribution is 2.32. The number of rotatable bonds is 1. The molecule has 3 aliphatic heterocycles. The fraction of sp³-hybridized carbons (Fsp3) is 0.400. The highest BCUT2D eigenvalue weighted by Gasteiger charge is 2.31. The predicted molar refractivity (Wildman–Crippen MR) is 73.3 cm³/mol. The average Bonchev–Trinajstić information content (AvgIpc) is 2.64. The summed E-state index contributed by atoms with van der Waals surface area (Å²) in [7, 11) is 0. The van der Waals surface area contributed by atoms with Crippen LogP contribution < -0.4 is 0 Å². The second-order valence-corrected chi connectivity index (χ2v) is 5.58. The average molecular weight is 280 g/mol. The van der Waals surface area contributed by atoms with Crippen LogP contribution >= 0.6 is 11.6 Å². The minimum Gasteiger partial charge on any atom is -0.374 e. The number of hydrogen-bond donors (Lipinski definition) is 0. The third kappa shape index (κ3) is 2.39. The highest BCUT2D eigenvalue weighted by molar-refractivity contribution is 6.32. The normalized spacial score (nSPS) is 22.1. The molecule has 0 radical (unpaired) electrons. The van der Waals surface area contributed by atoms with Gasteiger partial charge in [-0.1, -0.05) is 17.7 Å². The van der Waals surface area contributed by atoms with E-state index < -0.39 is 0 Å². The number of hydrogen-bond acceptors (Lipinski definition) is 2. The molecule has 1 aromatic carbocycles. The van der Waals surface area contributed by atoms with E-state index in [0.717, 1.165) is 31.6 Å². The van der Waals surface area contributed by atoms with Crippen molar-refractivity contribution in [2.24, 2.45) is 5.92 Å². The summed E-state index contributed by atoms with van der Waals surface area (Å²) >= 11 is 6.04. The van der Waals surface area contributed by atoms with Gasteiger partial charge < -0.3 is 4.90 Å². The molecule has 0 spiro atoms. The van der Waals surface area contributed by atoms with Crippen LogP contribution in [0.2, 0.25) is 5.02 Å². The van der Waals surface area contributed by atoms with Crippen LogP contribution in [-0.4, -0.2) is 23.8 Å². The van der Waals surface area contributed by atoms with E-state index in [1.807, 2.05) is 0 Å². The first-order chi connectivity index (χ1) is 9.15. The van der Waals surface area contributed by atoms with Gasteiger partial charge in [0.15, 0.2) is 0 Å². The molecule has 100 valence electrons. The van der Waals surface area contributed by atoms with Crippen molar-refractivity contribution in [3.05, 3.63) is 40.3 Å². The van der Waals surface area contributed by atoms with E-state index in [1.54, 1.807) is 18.2 Å². The molecule has 3 aliphatic rings. The highest BCUT2D eigenvalue weighted by atomic mass is 35.5. The fourth-order valence-corrected chi connectivity index (χ4v) is 3.10. The van der Waals surface area contributed by atoms with Crippen molar-refractivity contribution in [1.29, 1.82) is 0 Å². The van der Waals surface area contributed by atoms with Crippen molar-refractivity contribution in [1.82, 2.24) is 4.90 Å². The summed E-state index contributed by atoms with van der Waals surface area (Å²) in [5.74, 6) is 0.129. The Bertz CT molecular complexity index is 527. The quantitative estimate of drug-likeness (QED) is 0.784. The minimum absolute atomic E-state index is 0.193. The van der Waals surface area contributed by atoms with Crippen LogP contribution in [0.5, 0.6) is 0 Å². The van der Waals surface area contributed by atoms with Crippen molar-refractivity contribution >= 4 is 23.5 Å². The van der Waals surface area contributed by atoms with Crippen LogP contribution in [0, 0.1) is 11.7 Å². The van der Waals surface area contributed by atoms with E-state index in [0.29, 0.717) is 17.0 Å². The monoisotopic (exact) mass is 279 g/mol. The zero-order chi connectivity index (χ0) is 13.4. The van der Waals surface area contributed by atoms with Gasteiger partial charge in [-0.25, -0.2) is 4.39 Å². The molecule has 0 aromatic heterocycles. The Morgan fingerprint density at radius 1 is 1.32 bits per heavy atom. The number of piperidine rings is 1. The van der Waals surface area contributed by atoms with Crippen LogP contribution in [0.25, 0.3) is 6.08 Å². The number of carbonyl (C=O) groups excluding carboxylic acids is 1. The fourth-order valence-electron chi connectivity index (χ4n) is 2.88. The van der Waals surface area contributed by atoms with Crippen LogP contribution in [-0.2, 0) is 4.79 Å². The summed E-state index contributed by atoms with van der Waals surface area (Å²) in [6.07, 6.45) is 3.97. The molecule has 4 heteroatoms. The number of allylic oxidation sites excluding steroid dienone is 1. The Hall–Kier alpha value is -1.35. The van der Waals surface area contributed by atoms with Crippen LogP contribution in [0.15, 0.2) is 23.9 Å². The van der Waals surface area contributed by atoms with Crippen molar-refractivity contribution in [3.8, 4) is 0 Å². The van der Waals surface area contributed by atoms with E-state index in [9.17, 15) is 9.18 Å².